The first-order valence-electron chi connectivity index (χ1n) is 7.16. The van der Waals surface area contributed by atoms with Gasteiger partial charge in [0, 0.05) is 18.0 Å². The Balaban J connectivity index is 1.73. The van der Waals surface area contributed by atoms with E-state index in [2.05, 4.69) is 5.32 Å². The molecule has 1 saturated carbocycles. The van der Waals surface area contributed by atoms with Gasteiger partial charge in [-0.05, 0) is 24.6 Å². The second-order valence-corrected chi connectivity index (χ2v) is 6.14. The van der Waals surface area contributed by atoms with Crippen molar-refractivity contribution in [3.8, 4) is 11.8 Å². The van der Waals surface area contributed by atoms with E-state index in [-0.39, 0.29) is 24.2 Å². The van der Waals surface area contributed by atoms with Crippen LogP contribution in [0.5, 0.6) is 5.75 Å². The summed E-state index contributed by atoms with van der Waals surface area (Å²) in [6.07, 6.45) is -0.202. The molecule has 1 fully saturated rings. The third-order valence-corrected chi connectivity index (χ3v) is 4.22. The highest BCUT2D eigenvalue weighted by Gasteiger charge is 2.46. The van der Waals surface area contributed by atoms with Crippen LogP contribution in [0.4, 0.5) is 0 Å². The van der Waals surface area contributed by atoms with E-state index in [1.807, 2.05) is 19.9 Å². The number of ether oxygens (including phenoxy) is 1. The van der Waals surface area contributed by atoms with Crippen LogP contribution in [0, 0.1) is 16.7 Å². The molecule has 5 nitrogen and oxygen atoms in total. The van der Waals surface area contributed by atoms with Crippen LogP contribution in [-0.2, 0) is 0 Å². The van der Waals surface area contributed by atoms with Crippen molar-refractivity contribution in [2.75, 3.05) is 13.2 Å². The fourth-order valence-electron chi connectivity index (χ4n) is 2.43. The Hall–Kier alpha value is -1.61. The molecule has 0 saturated heterocycles. The van der Waals surface area contributed by atoms with Crippen molar-refractivity contribution in [1.82, 2.24) is 5.32 Å². The van der Waals surface area contributed by atoms with Crippen LogP contribution in [-0.4, -0.2) is 41.6 Å². The first-order chi connectivity index (χ1) is 9.93. The topological polar surface area (TPSA) is 85.5 Å². The van der Waals surface area contributed by atoms with Gasteiger partial charge in [0.05, 0.1) is 17.7 Å². The van der Waals surface area contributed by atoms with Gasteiger partial charge in [-0.3, -0.25) is 0 Å². The number of nitrogens with zero attached hydrogens (tertiary/aromatic N) is 1. The highest BCUT2D eigenvalue weighted by Crippen LogP contribution is 2.40. The highest BCUT2D eigenvalue weighted by atomic mass is 16.5. The maximum absolute atomic E-state index is 9.93. The summed E-state index contributed by atoms with van der Waals surface area (Å²) in [6, 6.07) is 9.11. The molecule has 0 aromatic heterocycles. The Morgan fingerprint density at radius 2 is 2.29 bits per heavy atom. The van der Waals surface area contributed by atoms with Crippen LogP contribution in [0.25, 0.3) is 0 Å². The fraction of sp³-hybridized carbons (Fsp3) is 0.562. The third kappa shape index (κ3) is 3.73. The Morgan fingerprint density at radius 1 is 1.52 bits per heavy atom. The average Bonchev–Trinajstić information content (AvgIpc) is 2.49. The van der Waals surface area contributed by atoms with E-state index in [1.54, 1.807) is 24.3 Å². The lowest BCUT2D eigenvalue weighted by molar-refractivity contribution is -0.0755. The van der Waals surface area contributed by atoms with Crippen molar-refractivity contribution in [1.29, 1.82) is 5.26 Å². The molecule has 3 atom stereocenters. The van der Waals surface area contributed by atoms with Gasteiger partial charge in [-0.25, -0.2) is 0 Å². The lowest BCUT2D eigenvalue weighted by Crippen LogP contribution is -2.61. The zero-order chi connectivity index (χ0) is 15.5. The van der Waals surface area contributed by atoms with Crippen LogP contribution in [0.3, 0.4) is 0 Å². The number of nitriles is 1. The largest absolute Gasteiger partial charge is 0.491 e. The molecule has 0 heterocycles. The molecule has 1 aromatic rings. The van der Waals surface area contributed by atoms with Crippen molar-refractivity contribution < 1.29 is 14.9 Å². The zero-order valence-corrected chi connectivity index (χ0v) is 12.4. The lowest BCUT2D eigenvalue weighted by Gasteiger charge is -2.49. The van der Waals surface area contributed by atoms with Crippen molar-refractivity contribution in [2.45, 2.75) is 38.5 Å². The first kappa shape index (κ1) is 15.8. The molecule has 0 radical (unpaired) electrons. The Bertz CT molecular complexity index is 524. The monoisotopic (exact) mass is 290 g/mol. The molecule has 1 aliphatic rings. The van der Waals surface area contributed by atoms with Gasteiger partial charge in [0.2, 0.25) is 0 Å². The van der Waals surface area contributed by atoms with Gasteiger partial charge in [0.1, 0.15) is 18.5 Å². The Kier molecular flexibility index (Phi) is 4.84. The van der Waals surface area contributed by atoms with Crippen molar-refractivity contribution in [3.63, 3.8) is 0 Å². The van der Waals surface area contributed by atoms with E-state index in [9.17, 15) is 10.2 Å². The normalized spacial score (nSPS) is 24.7. The third-order valence-electron chi connectivity index (χ3n) is 4.22. The molecule has 1 aromatic carbocycles. The Morgan fingerprint density at radius 3 is 2.90 bits per heavy atom. The fourth-order valence-corrected chi connectivity index (χ4v) is 2.43. The summed E-state index contributed by atoms with van der Waals surface area (Å²) in [5, 5.41) is 31.6. The predicted molar refractivity (Wildman–Crippen MR) is 78.9 cm³/mol. The highest BCUT2D eigenvalue weighted by molar-refractivity contribution is 5.36. The molecule has 0 aliphatic heterocycles. The molecule has 0 bridgehead atoms. The number of aliphatic hydroxyl groups is 2. The molecular formula is C16H22N2O3. The zero-order valence-electron chi connectivity index (χ0n) is 12.4. The second-order valence-electron chi connectivity index (χ2n) is 6.14. The molecule has 3 N–H and O–H groups in total. The summed E-state index contributed by atoms with van der Waals surface area (Å²) < 4.78 is 5.48. The van der Waals surface area contributed by atoms with Crippen molar-refractivity contribution >= 4 is 0 Å². The quantitative estimate of drug-likeness (QED) is 0.729. The molecule has 5 heteroatoms. The first-order valence-corrected chi connectivity index (χ1v) is 7.16. The van der Waals surface area contributed by atoms with Gasteiger partial charge in [0.25, 0.3) is 0 Å². The minimum atomic E-state index is -0.635. The number of benzene rings is 1. The minimum absolute atomic E-state index is 0.151. The van der Waals surface area contributed by atoms with E-state index in [4.69, 9.17) is 10.00 Å². The van der Waals surface area contributed by atoms with E-state index in [1.165, 1.54) is 0 Å². The molecule has 21 heavy (non-hydrogen) atoms. The predicted octanol–water partition coefficient (Wildman–Crippen LogP) is 1.05. The second kappa shape index (κ2) is 6.44. The van der Waals surface area contributed by atoms with Gasteiger partial charge in [-0.2, -0.15) is 5.26 Å². The van der Waals surface area contributed by atoms with Gasteiger partial charge >= 0.3 is 0 Å². The molecular weight excluding hydrogens is 268 g/mol. The number of hydrogen-bond donors (Lipinski definition) is 3. The number of aliphatic hydroxyl groups excluding tert-OH is 2. The number of nitrogens with one attached hydrogen (secondary N) is 1. The number of hydrogen-bond acceptors (Lipinski definition) is 5. The molecule has 1 aliphatic carbocycles. The van der Waals surface area contributed by atoms with Crippen molar-refractivity contribution in [3.05, 3.63) is 29.8 Å². The molecule has 0 spiro atoms. The van der Waals surface area contributed by atoms with Crippen molar-refractivity contribution in [2.24, 2.45) is 5.41 Å². The van der Waals surface area contributed by atoms with Crippen LogP contribution in [0.1, 0.15) is 25.8 Å². The smallest absolute Gasteiger partial charge is 0.120 e. The van der Waals surface area contributed by atoms with Gasteiger partial charge in [0.15, 0.2) is 0 Å². The summed E-state index contributed by atoms with van der Waals surface area (Å²) >= 11 is 0. The van der Waals surface area contributed by atoms with Gasteiger partial charge in [-0.1, -0.05) is 19.9 Å². The molecule has 2 rings (SSSR count). The Labute approximate surface area is 125 Å². The SMILES string of the molecule is CC1(C)C(O)CC1NCC(O)COc1cccc(C#N)c1. The van der Waals surface area contributed by atoms with E-state index in [0.29, 0.717) is 24.3 Å². The minimum Gasteiger partial charge on any atom is -0.491 e. The van der Waals surface area contributed by atoms with E-state index >= 15 is 0 Å². The summed E-state index contributed by atoms with van der Waals surface area (Å²) in [5.74, 6) is 0.576. The maximum atomic E-state index is 9.93. The summed E-state index contributed by atoms with van der Waals surface area (Å²) in [7, 11) is 0. The van der Waals surface area contributed by atoms with E-state index < -0.39 is 6.10 Å². The summed E-state index contributed by atoms with van der Waals surface area (Å²) in [6.45, 7) is 4.60. The van der Waals surface area contributed by atoms with Crippen LogP contribution < -0.4 is 10.1 Å². The van der Waals surface area contributed by atoms with E-state index in [0.717, 1.165) is 0 Å². The summed E-state index contributed by atoms with van der Waals surface area (Å²) in [5.41, 5.74) is 0.382. The average molecular weight is 290 g/mol. The maximum Gasteiger partial charge on any atom is 0.120 e. The van der Waals surface area contributed by atoms with Crippen LogP contribution in [0.2, 0.25) is 0 Å². The number of rotatable bonds is 6. The van der Waals surface area contributed by atoms with Gasteiger partial charge in [-0.15, -0.1) is 0 Å². The van der Waals surface area contributed by atoms with Crippen LogP contribution >= 0.6 is 0 Å². The van der Waals surface area contributed by atoms with Crippen LogP contribution in [0.15, 0.2) is 24.3 Å². The molecule has 114 valence electrons. The summed E-state index contributed by atoms with van der Waals surface area (Å²) in [4.78, 5) is 0. The molecule has 3 unspecified atom stereocenters. The standard InChI is InChI=1S/C16H22N2O3/c1-16(2)14(7-15(16)20)18-9-12(19)10-21-13-5-3-4-11(6-13)8-17/h3-6,12,14-15,18-20H,7,9-10H2,1-2H3. The molecule has 0 amide bonds. The van der Waals surface area contributed by atoms with Gasteiger partial charge < -0.3 is 20.3 Å². The lowest BCUT2D eigenvalue weighted by atomic mass is 9.64.